The van der Waals surface area contributed by atoms with Gasteiger partial charge in [0.1, 0.15) is 11.6 Å². The molecule has 2 aromatic rings. The summed E-state index contributed by atoms with van der Waals surface area (Å²) >= 11 is 3.57. The normalized spacial score (nSPS) is 15.5. The first-order chi connectivity index (χ1) is 9.25. The van der Waals surface area contributed by atoms with Crippen molar-refractivity contribution in [3.63, 3.8) is 0 Å². The van der Waals surface area contributed by atoms with E-state index in [1.165, 1.54) is 12.0 Å². The second-order valence-electron chi connectivity index (χ2n) is 4.92. The van der Waals surface area contributed by atoms with Gasteiger partial charge in [0.15, 0.2) is 0 Å². The number of benzene rings is 1. The summed E-state index contributed by atoms with van der Waals surface area (Å²) < 4.78 is 3.39. The topological polar surface area (TPSA) is 42.7 Å². The molecule has 1 atom stereocenters. The van der Waals surface area contributed by atoms with E-state index >= 15 is 0 Å². The number of fused-ring (bicyclic) bond motifs is 1. The summed E-state index contributed by atoms with van der Waals surface area (Å²) in [4.78, 5) is 0. The fraction of sp³-hybridized carbons (Fsp3) is 0.429. The summed E-state index contributed by atoms with van der Waals surface area (Å²) in [5.41, 5.74) is 1.26. The molecule has 4 nitrogen and oxygen atoms in total. The van der Waals surface area contributed by atoms with Gasteiger partial charge in [0.25, 0.3) is 0 Å². The Morgan fingerprint density at radius 3 is 3.05 bits per heavy atom. The number of rotatable bonds is 4. The van der Waals surface area contributed by atoms with Crippen molar-refractivity contribution in [2.75, 3.05) is 0 Å². The van der Waals surface area contributed by atoms with Crippen LogP contribution in [0.5, 0.6) is 0 Å². The monoisotopic (exact) mass is 320 g/mol. The van der Waals surface area contributed by atoms with Crippen molar-refractivity contribution in [2.24, 2.45) is 0 Å². The molecule has 1 aromatic heterocycles. The summed E-state index contributed by atoms with van der Waals surface area (Å²) in [6, 6.07) is 8.49. The number of hydrogen-bond acceptors (Lipinski definition) is 3. The quantitative estimate of drug-likeness (QED) is 0.942. The molecule has 0 fully saturated rings. The first-order valence-corrected chi connectivity index (χ1v) is 7.44. The van der Waals surface area contributed by atoms with Crippen LogP contribution in [0, 0.1) is 0 Å². The first-order valence-electron chi connectivity index (χ1n) is 6.64. The molecule has 1 aliphatic rings. The zero-order valence-corrected chi connectivity index (χ0v) is 12.5. The lowest BCUT2D eigenvalue weighted by Crippen LogP contribution is -2.21. The highest BCUT2D eigenvalue weighted by molar-refractivity contribution is 9.10. The van der Waals surface area contributed by atoms with Gasteiger partial charge in [-0.05, 0) is 25.0 Å². The molecule has 0 saturated carbocycles. The van der Waals surface area contributed by atoms with Crippen LogP contribution in [0.2, 0.25) is 0 Å². The smallest absolute Gasteiger partial charge is 0.149 e. The largest absolute Gasteiger partial charge is 0.314 e. The third-order valence-corrected chi connectivity index (χ3v) is 4.36. The van der Waals surface area contributed by atoms with E-state index in [-0.39, 0.29) is 6.04 Å². The van der Waals surface area contributed by atoms with E-state index in [0.717, 1.165) is 35.6 Å². The van der Waals surface area contributed by atoms with Crippen molar-refractivity contribution >= 4 is 15.9 Å². The van der Waals surface area contributed by atoms with Gasteiger partial charge < -0.3 is 9.88 Å². The van der Waals surface area contributed by atoms with Crippen molar-refractivity contribution in [1.82, 2.24) is 20.1 Å². The molecule has 1 N–H and O–H groups in total. The van der Waals surface area contributed by atoms with Crippen molar-refractivity contribution in [3.05, 3.63) is 46.0 Å². The maximum absolute atomic E-state index is 4.31. The molecule has 0 amide bonds. The lowest BCUT2D eigenvalue weighted by molar-refractivity contribution is 0.515. The van der Waals surface area contributed by atoms with Crippen LogP contribution in [0.15, 0.2) is 28.7 Å². The molecule has 0 radical (unpaired) electrons. The molecule has 5 heteroatoms. The van der Waals surface area contributed by atoms with E-state index in [4.69, 9.17) is 0 Å². The Morgan fingerprint density at radius 2 is 2.21 bits per heavy atom. The molecule has 0 aliphatic carbocycles. The maximum Gasteiger partial charge on any atom is 0.149 e. The minimum absolute atomic E-state index is 0.214. The van der Waals surface area contributed by atoms with E-state index in [1.807, 2.05) is 6.07 Å². The van der Waals surface area contributed by atoms with E-state index in [0.29, 0.717) is 0 Å². The highest BCUT2D eigenvalue weighted by Gasteiger charge is 2.20. The van der Waals surface area contributed by atoms with E-state index in [2.05, 4.69) is 61.1 Å². The summed E-state index contributed by atoms with van der Waals surface area (Å²) in [6.45, 7) is 4.02. The van der Waals surface area contributed by atoms with Crippen LogP contribution in [0.4, 0.5) is 0 Å². The first kappa shape index (κ1) is 12.8. The maximum atomic E-state index is 4.31. The number of aromatic nitrogens is 3. The number of aryl methyl sites for hydroxylation is 1. The summed E-state index contributed by atoms with van der Waals surface area (Å²) in [6.07, 6.45) is 2.25. The van der Waals surface area contributed by atoms with E-state index in [1.54, 1.807) is 0 Å². The summed E-state index contributed by atoms with van der Waals surface area (Å²) in [7, 11) is 0. The number of nitrogens with zero attached hydrogens (tertiary/aromatic N) is 3. The lowest BCUT2D eigenvalue weighted by atomic mass is 10.2. The molecule has 0 spiro atoms. The third kappa shape index (κ3) is 2.58. The average Bonchev–Trinajstić information content (AvgIpc) is 2.99. The van der Waals surface area contributed by atoms with Crippen LogP contribution >= 0.6 is 15.9 Å². The molecular formula is C14H17BrN4. The van der Waals surface area contributed by atoms with Gasteiger partial charge in [-0.2, -0.15) is 0 Å². The average molecular weight is 321 g/mol. The van der Waals surface area contributed by atoms with Crippen molar-refractivity contribution in [1.29, 1.82) is 0 Å². The van der Waals surface area contributed by atoms with Crippen LogP contribution in [0.1, 0.15) is 36.6 Å². The molecule has 1 aromatic carbocycles. The Morgan fingerprint density at radius 1 is 1.37 bits per heavy atom. The molecule has 1 aliphatic heterocycles. The summed E-state index contributed by atoms with van der Waals surface area (Å²) in [5, 5.41) is 12.1. The van der Waals surface area contributed by atoms with Gasteiger partial charge in [-0.25, -0.2) is 0 Å². The second kappa shape index (κ2) is 5.43. The van der Waals surface area contributed by atoms with Crippen molar-refractivity contribution in [3.8, 4) is 0 Å². The van der Waals surface area contributed by atoms with Gasteiger partial charge in [-0.3, -0.25) is 0 Å². The zero-order valence-electron chi connectivity index (χ0n) is 10.9. The Kier molecular flexibility index (Phi) is 3.66. The standard InChI is InChI=1S/C14H17BrN4/c1-10(14-18-17-13-7-4-8-19(13)14)16-9-11-5-2-3-6-12(11)15/h2-3,5-6,10,16H,4,7-9H2,1H3/t10-/m0/s1. The summed E-state index contributed by atoms with van der Waals surface area (Å²) in [5.74, 6) is 2.18. The fourth-order valence-electron chi connectivity index (χ4n) is 2.49. The van der Waals surface area contributed by atoms with Gasteiger partial charge in [-0.15, -0.1) is 10.2 Å². The third-order valence-electron chi connectivity index (χ3n) is 3.58. The Hall–Kier alpha value is -1.20. The van der Waals surface area contributed by atoms with Gasteiger partial charge >= 0.3 is 0 Å². The number of hydrogen-bond donors (Lipinski definition) is 1. The van der Waals surface area contributed by atoms with Gasteiger partial charge in [0.2, 0.25) is 0 Å². The van der Waals surface area contributed by atoms with E-state index in [9.17, 15) is 0 Å². The highest BCUT2D eigenvalue weighted by Crippen LogP contribution is 2.20. The van der Waals surface area contributed by atoms with Crippen molar-refractivity contribution in [2.45, 2.75) is 38.9 Å². The highest BCUT2D eigenvalue weighted by atomic mass is 79.9. The molecule has 0 bridgehead atoms. The van der Waals surface area contributed by atoms with Crippen molar-refractivity contribution < 1.29 is 0 Å². The Labute approximate surface area is 121 Å². The molecule has 2 heterocycles. The Bertz CT molecular complexity index is 579. The van der Waals surface area contributed by atoms with Crippen LogP contribution in [0.25, 0.3) is 0 Å². The predicted octanol–water partition coefficient (Wildman–Crippen LogP) is 2.84. The van der Waals surface area contributed by atoms with Gasteiger partial charge in [0.05, 0.1) is 6.04 Å². The molecule has 3 rings (SSSR count). The second-order valence-corrected chi connectivity index (χ2v) is 5.78. The minimum Gasteiger partial charge on any atom is -0.314 e. The molecule has 19 heavy (non-hydrogen) atoms. The SMILES string of the molecule is C[C@H](NCc1ccccc1Br)c1nnc2n1CCC2. The molecular weight excluding hydrogens is 304 g/mol. The molecule has 100 valence electrons. The Balaban J connectivity index is 1.68. The van der Waals surface area contributed by atoms with Crippen LogP contribution in [-0.4, -0.2) is 14.8 Å². The number of halogens is 1. The minimum atomic E-state index is 0.214. The number of nitrogens with one attached hydrogen (secondary N) is 1. The van der Waals surface area contributed by atoms with E-state index < -0.39 is 0 Å². The molecule has 0 unspecified atom stereocenters. The van der Waals surface area contributed by atoms with Crippen LogP contribution in [0.3, 0.4) is 0 Å². The molecule has 0 saturated heterocycles. The van der Waals surface area contributed by atoms with Crippen LogP contribution < -0.4 is 5.32 Å². The lowest BCUT2D eigenvalue weighted by Gasteiger charge is -2.14. The fourth-order valence-corrected chi connectivity index (χ4v) is 2.91. The zero-order chi connectivity index (χ0) is 13.2. The van der Waals surface area contributed by atoms with Gasteiger partial charge in [0, 0.05) is 24.0 Å². The van der Waals surface area contributed by atoms with Crippen LogP contribution in [-0.2, 0) is 19.5 Å². The van der Waals surface area contributed by atoms with Gasteiger partial charge in [-0.1, -0.05) is 34.1 Å². The predicted molar refractivity (Wildman–Crippen MR) is 77.7 cm³/mol.